The fraction of sp³-hybridized carbons (Fsp3) is 1.00. The summed E-state index contributed by atoms with van der Waals surface area (Å²) in [5.41, 5.74) is -0.602. The topological polar surface area (TPSA) is 32.7 Å². The lowest BCUT2D eigenvalue weighted by atomic mass is 9.86. The van der Waals surface area contributed by atoms with E-state index >= 15 is 0 Å². The minimum atomic E-state index is -4.21. The lowest BCUT2D eigenvalue weighted by Gasteiger charge is -2.46. The number of rotatable bonds is 5. The van der Waals surface area contributed by atoms with E-state index in [1.807, 2.05) is 18.7 Å². The van der Waals surface area contributed by atoms with E-state index in [0.717, 1.165) is 0 Å². The van der Waals surface area contributed by atoms with Gasteiger partial charge in [0.1, 0.15) is 0 Å². The number of ether oxygens (including phenoxy) is 1. The van der Waals surface area contributed by atoms with Gasteiger partial charge in [-0.1, -0.05) is 6.92 Å². The smallest absolute Gasteiger partial charge is 0.389 e. The maximum Gasteiger partial charge on any atom is 0.389 e. The Balaban J connectivity index is 2.61. The number of aliphatic hydroxyl groups is 1. The summed E-state index contributed by atoms with van der Waals surface area (Å²) >= 11 is 0. The Bertz CT molecular complexity index is 254. The standard InChI is InChI=1S/C12H22F3NO2/c1-3-11(2,16-6-8-18-9-7-16)10(17)4-5-12(13,14)15/h10,17H,3-9H2,1-2H3. The Kier molecular flexibility index (Phi) is 5.43. The monoisotopic (exact) mass is 269 g/mol. The fourth-order valence-corrected chi connectivity index (χ4v) is 2.36. The molecule has 0 aliphatic carbocycles. The number of halogens is 3. The molecule has 0 aromatic heterocycles. The minimum absolute atomic E-state index is 0.245. The number of aliphatic hydroxyl groups excluding tert-OH is 1. The lowest BCUT2D eigenvalue weighted by molar-refractivity contribution is -0.147. The van der Waals surface area contributed by atoms with E-state index in [1.165, 1.54) is 0 Å². The molecule has 0 aromatic rings. The molecule has 1 saturated heterocycles. The first-order valence-electron chi connectivity index (χ1n) is 6.37. The number of nitrogens with zero attached hydrogens (tertiary/aromatic N) is 1. The summed E-state index contributed by atoms with van der Waals surface area (Å²) in [6.45, 7) is 6.19. The molecule has 1 heterocycles. The van der Waals surface area contributed by atoms with E-state index in [1.54, 1.807) is 0 Å². The van der Waals surface area contributed by atoms with Gasteiger partial charge < -0.3 is 9.84 Å². The minimum Gasteiger partial charge on any atom is -0.391 e. The van der Waals surface area contributed by atoms with Gasteiger partial charge in [-0.3, -0.25) is 4.90 Å². The average molecular weight is 269 g/mol. The van der Waals surface area contributed by atoms with Crippen molar-refractivity contribution in [2.75, 3.05) is 26.3 Å². The molecule has 1 rings (SSSR count). The van der Waals surface area contributed by atoms with Crippen LogP contribution in [-0.4, -0.2) is 54.1 Å². The Labute approximate surface area is 106 Å². The maximum absolute atomic E-state index is 12.2. The molecule has 2 atom stereocenters. The summed E-state index contributed by atoms with van der Waals surface area (Å²) in [7, 11) is 0. The molecule has 0 radical (unpaired) electrons. The van der Waals surface area contributed by atoms with Crippen molar-refractivity contribution < 1.29 is 23.0 Å². The molecule has 18 heavy (non-hydrogen) atoms. The zero-order chi connectivity index (χ0) is 13.8. The van der Waals surface area contributed by atoms with Crippen molar-refractivity contribution in [1.29, 1.82) is 0 Å². The van der Waals surface area contributed by atoms with Crippen LogP contribution in [0.2, 0.25) is 0 Å². The summed E-state index contributed by atoms with van der Waals surface area (Å²) in [6, 6.07) is 0. The zero-order valence-electron chi connectivity index (χ0n) is 11.0. The van der Waals surface area contributed by atoms with Crippen molar-refractivity contribution in [2.45, 2.75) is 50.9 Å². The predicted molar refractivity (Wildman–Crippen MR) is 62.4 cm³/mol. The number of hydrogen-bond acceptors (Lipinski definition) is 3. The van der Waals surface area contributed by atoms with Gasteiger partial charge in [-0.25, -0.2) is 0 Å². The molecule has 108 valence electrons. The van der Waals surface area contributed by atoms with Crippen LogP contribution >= 0.6 is 0 Å². The molecule has 0 amide bonds. The van der Waals surface area contributed by atoms with Crippen LogP contribution in [0.1, 0.15) is 33.1 Å². The highest BCUT2D eigenvalue weighted by Gasteiger charge is 2.40. The van der Waals surface area contributed by atoms with E-state index in [9.17, 15) is 18.3 Å². The van der Waals surface area contributed by atoms with E-state index in [0.29, 0.717) is 32.7 Å². The second-order valence-electron chi connectivity index (χ2n) is 4.98. The van der Waals surface area contributed by atoms with Gasteiger partial charge in [-0.2, -0.15) is 13.2 Å². The van der Waals surface area contributed by atoms with Crippen LogP contribution in [0.3, 0.4) is 0 Å². The van der Waals surface area contributed by atoms with Crippen molar-refractivity contribution in [1.82, 2.24) is 4.90 Å². The third-order valence-corrected chi connectivity index (χ3v) is 3.87. The van der Waals surface area contributed by atoms with Gasteiger partial charge in [0.25, 0.3) is 0 Å². The van der Waals surface area contributed by atoms with E-state index in [-0.39, 0.29) is 6.42 Å². The van der Waals surface area contributed by atoms with Gasteiger partial charge >= 0.3 is 6.18 Å². The first kappa shape index (κ1) is 15.7. The van der Waals surface area contributed by atoms with Gasteiger partial charge in [0.05, 0.1) is 19.3 Å². The lowest BCUT2D eigenvalue weighted by Crippen LogP contribution is -2.57. The Morgan fingerprint density at radius 3 is 2.28 bits per heavy atom. The summed E-state index contributed by atoms with van der Waals surface area (Å²) in [5, 5.41) is 10.1. The summed E-state index contributed by atoms with van der Waals surface area (Å²) < 4.78 is 41.8. The molecule has 0 saturated carbocycles. The molecular formula is C12H22F3NO2. The molecule has 0 bridgehead atoms. The van der Waals surface area contributed by atoms with Gasteiger partial charge in [0.15, 0.2) is 0 Å². The average Bonchev–Trinajstić information content (AvgIpc) is 2.35. The van der Waals surface area contributed by atoms with Crippen molar-refractivity contribution in [3.63, 3.8) is 0 Å². The van der Waals surface area contributed by atoms with E-state index in [4.69, 9.17) is 4.74 Å². The molecule has 1 aliphatic heterocycles. The van der Waals surface area contributed by atoms with Crippen LogP contribution < -0.4 is 0 Å². The van der Waals surface area contributed by atoms with Gasteiger partial charge in [0.2, 0.25) is 0 Å². The second kappa shape index (κ2) is 6.21. The first-order chi connectivity index (χ1) is 8.29. The van der Waals surface area contributed by atoms with E-state index in [2.05, 4.69) is 0 Å². The molecular weight excluding hydrogens is 247 g/mol. The van der Waals surface area contributed by atoms with Crippen molar-refractivity contribution in [2.24, 2.45) is 0 Å². The number of hydrogen-bond donors (Lipinski definition) is 1. The molecule has 0 aromatic carbocycles. The first-order valence-corrected chi connectivity index (χ1v) is 6.37. The van der Waals surface area contributed by atoms with Crippen LogP contribution in [0.5, 0.6) is 0 Å². The summed E-state index contributed by atoms with van der Waals surface area (Å²) in [5.74, 6) is 0. The Morgan fingerprint density at radius 2 is 1.83 bits per heavy atom. The maximum atomic E-state index is 12.2. The van der Waals surface area contributed by atoms with Crippen LogP contribution in [0.4, 0.5) is 13.2 Å². The highest BCUT2D eigenvalue weighted by Crippen LogP contribution is 2.30. The highest BCUT2D eigenvalue weighted by atomic mass is 19.4. The quantitative estimate of drug-likeness (QED) is 0.830. The van der Waals surface area contributed by atoms with Crippen LogP contribution in [0.15, 0.2) is 0 Å². The second-order valence-corrected chi connectivity index (χ2v) is 4.98. The number of alkyl halides is 3. The van der Waals surface area contributed by atoms with Gasteiger partial charge in [0, 0.05) is 25.0 Å². The zero-order valence-corrected chi connectivity index (χ0v) is 11.0. The third-order valence-electron chi connectivity index (χ3n) is 3.87. The van der Waals surface area contributed by atoms with Gasteiger partial charge in [-0.05, 0) is 19.8 Å². The highest BCUT2D eigenvalue weighted by molar-refractivity contribution is 4.93. The Morgan fingerprint density at radius 1 is 1.28 bits per heavy atom. The molecule has 3 nitrogen and oxygen atoms in total. The molecule has 1 aliphatic rings. The SMILES string of the molecule is CCC(C)(C(O)CCC(F)(F)F)N1CCOCC1. The number of morpholine rings is 1. The predicted octanol–water partition coefficient (Wildman–Crippen LogP) is 2.19. The van der Waals surface area contributed by atoms with Crippen LogP contribution in [-0.2, 0) is 4.74 Å². The molecule has 2 unspecified atom stereocenters. The third kappa shape index (κ3) is 4.10. The van der Waals surface area contributed by atoms with Gasteiger partial charge in [-0.15, -0.1) is 0 Å². The fourth-order valence-electron chi connectivity index (χ4n) is 2.36. The van der Waals surface area contributed by atoms with Crippen LogP contribution in [0.25, 0.3) is 0 Å². The largest absolute Gasteiger partial charge is 0.391 e. The van der Waals surface area contributed by atoms with E-state index < -0.39 is 24.2 Å². The van der Waals surface area contributed by atoms with Crippen LogP contribution in [0, 0.1) is 0 Å². The summed E-state index contributed by atoms with van der Waals surface area (Å²) in [6.07, 6.45) is -5.74. The van der Waals surface area contributed by atoms with Crippen molar-refractivity contribution in [3.8, 4) is 0 Å². The van der Waals surface area contributed by atoms with Crippen molar-refractivity contribution in [3.05, 3.63) is 0 Å². The molecule has 0 spiro atoms. The Hall–Kier alpha value is -0.330. The molecule has 1 fully saturated rings. The molecule has 6 heteroatoms. The van der Waals surface area contributed by atoms with Crippen molar-refractivity contribution >= 4 is 0 Å². The summed E-state index contributed by atoms with van der Waals surface area (Å²) in [4.78, 5) is 2.04. The normalized spacial score (nSPS) is 23.7. The molecule has 1 N–H and O–H groups in total.